The van der Waals surface area contributed by atoms with Crippen molar-refractivity contribution in [2.75, 3.05) is 0 Å². The molecular formula is C39H29F2NO2. The second kappa shape index (κ2) is 9.90. The van der Waals surface area contributed by atoms with E-state index in [1.807, 2.05) is 72.8 Å². The molecule has 2 spiro atoms. The number of hydrogen-bond donors (Lipinski definition) is 1. The van der Waals surface area contributed by atoms with Gasteiger partial charge in [-0.25, -0.2) is 8.78 Å². The van der Waals surface area contributed by atoms with E-state index in [9.17, 15) is 8.78 Å². The van der Waals surface area contributed by atoms with Gasteiger partial charge in [-0.15, -0.1) is 0 Å². The van der Waals surface area contributed by atoms with Crippen molar-refractivity contribution in [1.82, 2.24) is 5.32 Å². The minimum Gasteiger partial charge on any atom is -0.294 e. The second-order valence-electron chi connectivity index (χ2n) is 12.2. The van der Waals surface area contributed by atoms with Crippen LogP contribution < -0.4 is 5.32 Å². The Labute approximate surface area is 254 Å². The van der Waals surface area contributed by atoms with Crippen LogP contribution in [0.4, 0.5) is 8.78 Å². The highest BCUT2D eigenvalue weighted by Crippen LogP contribution is 2.68. The van der Waals surface area contributed by atoms with Gasteiger partial charge in [-0.3, -0.25) is 14.9 Å². The molecule has 0 amide bonds. The number of carbonyl (C=O) groups is 2. The minimum atomic E-state index is -1.35. The van der Waals surface area contributed by atoms with Crippen LogP contribution in [0.2, 0.25) is 0 Å². The van der Waals surface area contributed by atoms with Gasteiger partial charge in [0.25, 0.3) is 0 Å². The van der Waals surface area contributed by atoms with Gasteiger partial charge in [0.2, 0.25) is 0 Å². The highest BCUT2D eigenvalue weighted by Gasteiger charge is 2.73. The van der Waals surface area contributed by atoms with E-state index in [1.165, 1.54) is 24.3 Å². The Morgan fingerprint density at radius 3 is 2.11 bits per heavy atom. The highest BCUT2D eigenvalue weighted by molar-refractivity contribution is 6.24. The van der Waals surface area contributed by atoms with Gasteiger partial charge in [-0.1, -0.05) is 91.0 Å². The number of Topliss-reactive ketones (excluding diaryl/α,β-unsaturated/α-hetero) is 2. The molecule has 1 heterocycles. The van der Waals surface area contributed by atoms with E-state index in [0.717, 1.165) is 33.0 Å². The fraction of sp³-hybridized carbons (Fsp3) is 0.179. The smallest absolute Gasteiger partial charge is 0.189 e. The predicted octanol–water partition coefficient (Wildman–Crippen LogP) is 8.46. The van der Waals surface area contributed by atoms with Crippen LogP contribution in [-0.2, 0) is 10.3 Å². The molecular weight excluding hydrogens is 552 g/mol. The van der Waals surface area contributed by atoms with Crippen LogP contribution in [0.1, 0.15) is 63.8 Å². The van der Waals surface area contributed by atoms with Gasteiger partial charge in [-0.05, 0) is 88.2 Å². The van der Waals surface area contributed by atoms with Gasteiger partial charge in [0.15, 0.2) is 11.6 Å². The third kappa shape index (κ3) is 3.62. The Kier molecular flexibility index (Phi) is 6.04. The molecule has 2 aliphatic carbocycles. The first kappa shape index (κ1) is 26.9. The lowest BCUT2D eigenvalue weighted by Crippen LogP contribution is -2.59. The van der Waals surface area contributed by atoms with Crippen molar-refractivity contribution in [3.05, 3.63) is 160 Å². The molecule has 0 aromatic heterocycles. The molecule has 3 nitrogen and oxygen atoms in total. The number of ketones is 2. The van der Waals surface area contributed by atoms with Crippen LogP contribution in [0.3, 0.4) is 0 Å². The van der Waals surface area contributed by atoms with E-state index in [2.05, 4.69) is 5.32 Å². The van der Waals surface area contributed by atoms with Crippen LogP contribution in [0.15, 0.2) is 121 Å². The summed E-state index contributed by atoms with van der Waals surface area (Å²) in [5.41, 5.74) is 1.95. The maximum absolute atomic E-state index is 15.4. The van der Waals surface area contributed by atoms with Gasteiger partial charge >= 0.3 is 0 Å². The van der Waals surface area contributed by atoms with Crippen molar-refractivity contribution in [1.29, 1.82) is 0 Å². The van der Waals surface area contributed by atoms with Crippen molar-refractivity contribution in [3.63, 3.8) is 0 Å². The molecule has 1 saturated heterocycles. The number of nitrogens with one attached hydrogen (secondary N) is 1. The molecule has 5 heteroatoms. The van der Waals surface area contributed by atoms with E-state index < -0.39 is 22.9 Å². The molecule has 216 valence electrons. The largest absolute Gasteiger partial charge is 0.294 e. The topological polar surface area (TPSA) is 46.2 Å². The third-order valence-corrected chi connectivity index (χ3v) is 10.1. The maximum atomic E-state index is 15.4. The summed E-state index contributed by atoms with van der Waals surface area (Å²) in [6.07, 6.45) is 3.55. The number of allylic oxidation sites excluding steroid dienone is 1. The Bertz CT molecular complexity index is 1980. The zero-order valence-electron chi connectivity index (χ0n) is 23.9. The number of carbonyl (C=O) groups excluding carboxylic acids is 2. The van der Waals surface area contributed by atoms with Crippen molar-refractivity contribution >= 4 is 28.4 Å². The standard InChI is InChI=1S/C39H29F2NO2/c40-29-18-14-24(15-19-29)23-28-11-6-22-38(36(28)43)34(26-16-20-30(41)21-17-26)35(27-7-2-1-3-8-27)42-39(38)32-13-5-10-25-9-4-12-31(33(25)32)37(39)44/h1-5,7-10,12-21,23,34-35,42H,6,11,22H2/b28-23+/t34-,35-,38-,39-/m0/s1. The first-order valence-corrected chi connectivity index (χ1v) is 15.1. The van der Waals surface area contributed by atoms with Crippen LogP contribution in [-0.4, -0.2) is 11.6 Å². The molecule has 5 aromatic carbocycles. The molecule has 8 rings (SSSR count). The molecule has 44 heavy (non-hydrogen) atoms. The van der Waals surface area contributed by atoms with Gasteiger partial charge in [-0.2, -0.15) is 0 Å². The molecule has 3 aliphatic rings. The first-order valence-electron chi connectivity index (χ1n) is 15.1. The van der Waals surface area contributed by atoms with Crippen LogP contribution in [0.5, 0.6) is 0 Å². The Morgan fingerprint density at radius 1 is 0.705 bits per heavy atom. The summed E-state index contributed by atoms with van der Waals surface area (Å²) >= 11 is 0. The lowest BCUT2D eigenvalue weighted by atomic mass is 9.52. The van der Waals surface area contributed by atoms with E-state index in [1.54, 1.807) is 24.3 Å². The number of rotatable bonds is 3. The number of halogens is 2. The Hall–Kier alpha value is -4.74. The summed E-state index contributed by atoms with van der Waals surface area (Å²) < 4.78 is 28.1. The summed E-state index contributed by atoms with van der Waals surface area (Å²) in [4.78, 5) is 30.5. The third-order valence-electron chi connectivity index (χ3n) is 10.1. The molecule has 0 unspecified atom stereocenters. The molecule has 4 atom stereocenters. The van der Waals surface area contributed by atoms with Crippen LogP contribution in [0, 0.1) is 17.0 Å². The van der Waals surface area contributed by atoms with Gasteiger partial charge in [0, 0.05) is 17.5 Å². The van der Waals surface area contributed by atoms with E-state index in [0.29, 0.717) is 30.4 Å². The first-order chi connectivity index (χ1) is 21.4. The number of fused-ring (bicyclic) bond motifs is 2. The molecule has 1 N–H and O–H groups in total. The molecule has 1 saturated carbocycles. The summed E-state index contributed by atoms with van der Waals surface area (Å²) in [6.45, 7) is 0. The minimum absolute atomic E-state index is 0.0912. The molecule has 5 aromatic rings. The molecule has 0 radical (unpaired) electrons. The molecule has 1 aliphatic heterocycles. The highest BCUT2D eigenvalue weighted by atomic mass is 19.1. The summed E-state index contributed by atoms with van der Waals surface area (Å²) in [6, 6.07) is 33.7. The molecule has 2 fully saturated rings. The van der Waals surface area contributed by atoms with Crippen molar-refractivity contribution < 1.29 is 18.4 Å². The summed E-state index contributed by atoms with van der Waals surface area (Å²) in [5, 5.41) is 5.67. The zero-order valence-corrected chi connectivity index (χ0v) is 23.9. The monoisotopic (exact) mass is 581 g/mol. The summed E-state index contributed by atoms with van der Waals surface area (Å²) in [5.74, 6) is -1.39. The van der Waals surface area contributed by atoms with Gasteiger partial charge in [0.05, 0.1) is 5.41 Å². The lowest BCUT2D eigenvalue weighted by Gasteiger charge is -2.47. The van der Waals surface area contributed by atoms with Crippen LogP contribution >= 0.6 is 0 Å². The number of hydrogen-bond acceptors (Lipinski definition) is 3. The van der Waals surface area contributed by atoms with Gasteiger partial charge in [0.1, 0.15) is 17.2 Å². The van der Waals surface area contributed by atoms with Gasteiger partial charge < -0.3 is 0 Å². The fourth-order valence-corrected chi connectivity index (χ4v) is 8.42. The second-order valence-corrected chi connectivity index (χ2v) is 12.2. The maximum Gasteiger partial charge on any atom is 0.189 e. The van der Waals surface area contributed by atoms with Crippen molar-refractivity contribution in [3.8, 4) is 0 Å². The number of benzene rings is 5. The fourth-order valence-electron chi connectivity index (χ4n) is 8.42. The molecule has 0 bridgehead atoms. The van der Waals surface area contributed by atoms with E-state index in [4.69, 9.17) is 0 Å². The average Bonchev–Trinajstić information content (AvgIpc) is 3.49. The summed E-state index contributed by atoms with van der Waals surface area (Å²) in [7, 11) is 0. The van der Waals surface area contributed by atoms with E-state index in [-0.39, 0.29) is 23.2 Å². The lowest BCUT2D eigenvalue weighted by molar-refractivity contribution is -0.130. The van der Waals surface area contributed by atoms with E-state index >= 15 is 9.59 Å². The predicted molar refractivity (Wildman–Crippen MR) is 167 cm³/mol. The van der Waals surface area contributed by atoms with Crippen molar-refractivity contribution in [2.45, 2.75) is 36.8 Å². The van der Waals surface area contributed by atoms with Crippen molar-refractivity contribution in [2.24, 2.45) is 5.41 Å². The Balaban J connectivity index is 1.44. The Morgan fingerprint density at radius 2 is 1.39 bits per heavy atom. The average molecular weight is 582 g/mol. The van der Waals surface area contributed by atoms with Crippen LogP contribution in [0.25, 0.3) is 16.8 Å². The quantitative estimate of drug-likeness (QED) is 0.218. The SMILES string of the molecule is O=C1c2cccc3cccc(c23)[C@]12N[C@@H](c1ccccc1)[C@H](c1ccc(F)cc1)[C@]21CCC/C(=C\c2ccc(F)cc2)C1=O. The normalized spacial score (nSPS) is 26.8. The zero-order chi connectivity index (χ0) is 30.1.